The first-order chi connectivity index (χ1) is 9.34. The summed E-state index contributed by atoms with van der Waals surface area (Å²) >= 11 is 0. The summed E-state index contributed by atoms with van der Waals surface area (Å²) in [4.78, 5) is 17.1. The second-order valence-electron chi connectivity index (χ2n) is 3.47. The van der Waals surface area contributed by atoms with E-state index in [0.717, 1.165) is 6.33 Å². The van der Waals surface area contributed by atoms with Gasteiger partial charge in [-0.05, 0) is 0 Å². The van der Waals surface area contributed by atoms with Gasteiger partial charge in [-0.15, -0.1) is 0 Å². The van der Waals surface area contributed by atoms with Gasteiger partial charge in [-0.1, -0.05) is 0 Å². The minimum absolute atomic E-state index is 0.343. The molecule has 0 radical (unpaired) electrons. The van der Waals surface area contributed by atoms with Gasteiger partial charge in [-0.25, -0.2) is 20.5 Å². The van der Waals surface area contributed by atoms with E-state index in [0.29, 0.717) is 17.1 Å². The standard InChI is InChI=1S/C8H6F3N7O2/c9-8(10,11)4-1-15-17(2-4)7-5(18(19)20)6(16-12)13-3-14-7/h1-3H,12H2,(H,13,14,16). The molecular weight excluding hydrogens is 283 g/mol. The molecule has 0 aromatic carbocycles. The third kappa shape index (κ3) is 2.35. The van der Waals surface area contributed by atoms with Crippen molar-refractivity contribution in [2.45, 2.75) is 6.18 Å². The van der Waals surface area contributed by atoms with E-state index in [2.05, 4.69) is 15.1 Å². The van der Waals surface area contributed by atoms with Crippen molar-refractivity contribution < 1.29 is 18.1 Å². The molecule has 2 aromatic heterocycles. The normalized spacial score (nSPS) is 11.4. The lowest BCUT2D eigenvalue weighted by molar-refractivity contribution is -0.384. The molecule has 9 nitrogen and oxygen atoms in total. The van der Waals surface area contributed by atoms with Gasteiger partial charge in [0, 0.05) is 6.20 Å². The molecule has 12 heteroatoms. The lowest BCUT2D eigenvalue weighted by atomic mass is 10.3. The van der Waals surface area contributed by atoms with Crippen LogP contribution in [0, 0.1) is 10.1 Å². The molecule has 0 aliphatic heterocycles. The summed E-state index contributed by atoms with van der Waals surface area (Å²) in [7, 11) is 0. The molecule has 0 fully saturated rings. The van der Waals surface area contributed by atoms with Gasteiger partial charge in [-0.2, -0.15) is 18.3 Å². The minimum atomic E-state index is -4.62. The largest absolute Gasteiger partial charge is 0.419 e. The maximum absolute atomic E-state index is 12.5. The second kappa shape index (κ2) is 4.73. The molecule has 2 rings (SSSR count). The lowest BCUT2D eigenvalue weighted by Crippen LogP contribution is -2.14. The van der Waals surface area contributed by atoms with E-state index in [4.69, 9.17) is 5.84 Å². The molecule has 0 aliphatic carbocycles. The molecule has 2 heterocycles. The van der Waals surface area contributed by atoms with Crippen molar-refractivity contribution in [3.05, 3.63) is 34.4 Å². The predicted octanol–water partition coefficient (Wildman–Crippen LogP) is 0.875. The number of nitrogens with two attached hydrogens (primary N) is 1. The number of hydrazine groups is 1. The smallest absolute Gasteiger partial charge is 0.303 e. The van der Waals surface area contributed by atoms with Crippen LogP contribution < -0.4 is 11.3 Å². The molecule has 106 valence electrons. The second-order valence-corrected chi connectivity index (χ2v) is 3.47. The topological polar surface area (TPSA) is 125 Å². The Labute approximate surface area is 108 Å². The highest BCUT2D eigenvalue weighted by molar-refractivity contribution is 5.63. The summed E-state index contributed by atoms with van der Waals surface area (Å²) in [5, 5.41) is 14.3. The molecule has 0 amide bonds. The summed E-state index contributed by atoms with van der Waals surface area (Å²) in [6.07, 6.45) is -2.60. The molecule has 0 saturated carbocycles. The number of nitrogen functional groups attached to an aromatic ring is 1. The number of hydrogen-bond donors (Lipinski definition) is 2. The molecule has 0 atom stereocenters. The van der Waals surface area contributed by atoms with Crippen molar-refractivity contribution in [2.75, 3.05) is 5.43 Å². The van der Waals surface area contributed by atoms with Gasteiger partial charge in [0.1, 0.15) is 6.33 Å². The van der Waals surface area contributed by atoms with Crippen LogP contribution in [0.5, 0.6) is 0 Å². The number of hydrogen-bond acceptors (Lipinski definition) is 7. The van der Waals surface area contributed by atoms with Crippen LogP contribution in [0.15, 0.2) is 18.7 Å². The van der Waals surface area contributed by atoms with E-state index >= 15 is 0 Å². The van der Waals surface area contributed by atoms with Gasteiger partial charge >= 0.3 is 11.9 Å². The Morgan fingerprint density at radius 3 is 2.60 bits per heavy atom. The zero-order valence-corrected chi connectivity index (χ0v) is 9.50. The zero-order chi connectivity index (χ0) is 14.9. The quantitative estimate of drug-likeness (QED) is 0.488. The number of rotatable bonds is 3. The number of aromatic nitrogens is 4. The maximum Gasteiger partial charge on any atom is 0.419 e. The first kappa shape index (κ1) is 13.7. The molecule has 0 saturated heterocycles. The SMILES string of the molecule is NNc1ncnc(-n2cc(C(F)(F)F)cn2)c1[N+](=O)[O-]. The lowest BCUT2D eigenvalue weighted by Gasteiger charge is -2.05. The molecule has 0 bridgehead atoms. The Balaban J connectivity index is 2.58. The minimum Gasteiger partial charge on any atom is -0.303 e. The van der Waals surface area contributed by atoms with Gasteiger partial charge in [-0.3, -0.25) is 10.1 Å². The molecule has 2 aromatic rings. The van der Waals surface area contributed by atoms with Crippen LogP contribution >= 0.6 is 0 Å². The van der Waals surface area contributed by atoms with Crippen molar-refractivity contribution in [2.24, 2.45) is 5.84 Å². The average molecular weight is 289 g/mol. The number of anilines is 1. The third-order valence-electron chi connectivity index (χ3n) is 2.25. The fraction of sp³-hybridized carbons (Fsp3) is 0.125. The molecule has 3 N–H and O–H groups in total. The van der Waals surface area contributed by atoms with Crippen LogP contribution in [0.1, 0.15) is 5.56 Å². The first-order valence-corrected chi connectivity index (χ1v) is 4.93. The predicted molar refractivity (Wildman–Crippen MR) is 58.6 cm³/mol. The van der Waals surface area contributed by atoms with Crippen molar-refractivity contribution in [1.29, 1.82) is 0 Å². The van der Waals surface area contributed by atoms with Crippen LogP contribution in [0.25, 0.3) is 5.82 Å². The molecule has 0 spiro atoms. The summed E-state index contributed by atoms with van der Waals surface area (Å²) in [5.41, 5.74) is 0.218. The number of nitro groups is 1. The molecule has 0 unspecified atom stereocenters. The first-order valence-electron chi connectivity index (χ1n) is 4.93. The highest BCUT2D eigenvalue weighted by Crippen LogP contribution is 2.31. The van der Waals surface area contributed by atoms with Crippen LogP contribution in [0.2, 0.25) is 0 Å². The highest BCUT2D eigenvalue weighted by Gasteiger charge is 2.33. The maximum atomic E-state index is 12.5. The Bertz CT molecular complexity index is 654. The van der Waals surface area contributed by atoms with E-state index in [1.54, 1.807) is 0 Å². The number of halogens is 3. The van der Waals surface area contributed by atoms with E-state index in [9.17, 15) is 23.3 Å². The number of nitrogens with zero attached hydrogens (tertiary/aromatic N) is 5. The summed E-state index contributed by atoms with van der Waals surface area (Å²) in [6, 6.07) is 0. The van der Waals surface area contributed by atoms with Gasteiger partial charge in [0.25, 0.3) is 0 Å². The number of nitrogens with one attached hydrogen (secondary N) is 1. The van der Waals surface area contributed by atoms with Gasteiger partial charge in [0.15, 0.2) is 0 Å². The highest BCUT2D eigenvalue weighted by atomic mass is 19.4. The Hall–Kier alpha value is -2.76. The van der Waals surface area contributed by atoms with Crippen molar-refractivity contribution in [3.8, 4) is 5.82 Å². The van der Waals surface area contributed by atoms with E-state index < -0.39 is 28.2 Å². The van der Waals surface area contributed by atoms with Crippen LogP contribution in [-0.4, -0.2) is 24.7 Å². The van der Waals surface area contributed by atoms with Crippen molar-refractivity contribution in [1.82, 2.24) is 19.7 Å². The van der Waals surface area contributed by atoms with Gasteiger partial charge in [0.2, 0.25) is 11.6 Å². The summed E-state index contributed by atoms with van der Waals surface area (Å²) < 4.78 is 38.0. The fourth-order valence-corrected chi connectivity index (χ4v) is 1.40. The van der Waals surface area contributed by atoms with E-state index in [1.807, 2.05) is 5.43 Å². The molecule has 0 aliphatic rings. The third-order valence-corrected chi connectivity index (χ3v) is 2.25. The van der Waals surface area contributed by atoms with Crippen LogP contribution in [0.4, 0.5) is 24.7 Å². The van der Waals surface area contributed by atoms with Crippen molar-refractivity contribution >= 4 is 11.5 Å². The van der Waals surface area contributed by atoms with Crippen molar-refractivity contribution in [3.63, 3.8) is 0 Å². The zero-order valence-electron chi connectivity index (χ0n) is 9.50. The Morgan fingerprint density at radius 2 is 2.10 bits per heavy atom. The van der Waals surface area contributed by atoms with Crippen LogP contribution in [0.3, 0.4) is 0 Å². The van der Waals surface area contributed by atoms with Crippen LogP contribution in [-0.2, 0) is 6.18 Å². The summed E-state index contributed by atoms with van der Waals surface area (Å²) in [5.74, 6) is 4.28. The fourth-order valence-electron chi connectivity index (χ4n) is 1.40. The average Bonchev–Trinajstić information content (AvgIpc) is 2.86. The summed E-state index contributed by atoms with van der Waals surface area (Å²) in [6.45, 7) is 0. The van der Waals surface area contributed by atoms with E-state index in [-0.39, 0.29) is 5.82 Å². The van der Waals surface area contributed by atoms with E-state index in [1.165, 1.54) is 0 Å². The molecular formula is C8H6F3N7O2. The number of alkyl halides is 3. The van der Waals surface area contributed by atoms with Gasteiger partial charge in [0.05, 0.1) is 16.7 Å². The Kier molecular flexibility index (Phi) is 3.23. The monoisotopic (exact) mass is 289 g/mol. The van der Waals surface area contributed by atoms with Gasteiger partial charge < -0.3 is 5.43 Å². The Morgan fingerprint density at radius 1 is 1.40 bits per heavy atom. The molecule has 20 heavy (non-hydrogen) atoms.